The van der Waals surface area contributed by atoms with E-state index in [1.807, 2.05) is 32.0 Å². The number of rotatable bonds is 14. The maximum Gasteiger partial charge on any atom is 0.338 e. The predicted molar refractivity (Wildman–Crippen MR) is 185 cm³/mol. The number of ether oxygens (including phenoxy) is 3. The van der Waals surface area contributed by atoms with E-state index in [0.717, 1.165) is 5.56 Å². The predicted octanol–water partition coefficient (Wildman–Crippen LogP) is 6.41. The number of aryl methyl sites for hydroxylation is 2. The van der Waals surface area contributed by atoms with Gasteiger partial charge in [0.1, 0.15) is 11.3 Å². The molecule has 0 unspecified atom stereocenters. The molecule has 0 amide bonds. The van der Waals surface area contributed by atoms with Crippen LogP contribution in [0.5, 0.6) is 0 Å². The molecule has 1 atom stereocenters. The standard InChI is InChI=1S/C37H46N4O7S/c1-9-40-24-31(38-39-40)25-47-33(37(6,7)35(43)46-8)28-19-18-26(2)30(21-28)23-41(49(44,45)32-16-11-10-12-17-32)22-27-14-13-15-29(20-27)34(42)48-36(3,4)5/h10-21,24,33H,9,22-23,25H2,1-8H3/t33-/m1/s1. The Labute approximate surface area is 289 Å². The van der Waals surface area contributed by atoms with Crippen LogP contribution in [0.3, 0.4) is 0 Å². The molecule has 0 saturated carbocycles. The lowest BCUT2D eigenvalue weighted by Crippen LogP contribution is -2.34. The molecule has 0 N–H and O–H groups in total. The van der Waals surface area contributed by atoms with E-state index in [1.165, 1.54) is 11.4 Å². The number of esters is 2. The fourth-order valence-corrected chi connectivity index (χ4v) is 6.77. The van der Waals surface area contributed by atoms with Crippen LogP contribution in [0.25, 0.3) is 0 Å². The van der Waals surface area contributed by atoms with Gasteiger partial charge in [-0.15, -0.1) is 5.10 Å². The Morgan fingerprint density at radius 1 is 0.939 bits per heavy atom. The number of hydrogen-bond acceptors (Lipinski definition) is 9. The van der Waals surface area contributed by atoms with Crippen molar-refractivity contribution in [2.75, 3.05) is 7.11 Å². The van der Waals surface area contributed by atoms with Crippen LogP contribution in [-0.4, -0.2) is 52.4 Å². The van der Waals surface area contributed by atoms with Crippen molar-refractivity contribution in [3.63, 3.8) is 0 Å². The van der Waals surface area contributed by atoms with Gasteiger partial charge in [0.25, 0.3) is 0 Å². The number of nitrogens with zero attached hydrogens (tertiary/aromatic N) is 4. The number of carbonyl (C=O) groups excluding carboxylic acids is 2. The normalized spacial score (nSPS) is 12.9. The van der Waals surface area contributed by atoms with Crippen molar-refractivity contribution in [1.82, 2.24) is 19.3 Å². The monoisotopic (exact) mass is 690 g/mol. The van der Waals surface area contributed by atoms with Crippen molar-refractivity contribution >= 4 is 22.0 Å². The summed E-state index contributed by atoms with van der Waals surface area (Å²) in [5.41, 5.74) is 1.98. The molecule has 1 heterocycles. The van der Waals surface area contributed by atoms with Crippen molar-refractivity contribution in [3.05, 3.63) is 113 Å². The van der Waals surface area contributed by atoms with E-state index in [2.05, 4.69) is 10.3 Å². The van der Waals surface area contributed by atoms with Crippen LogP contribution in [0.1, 0.15) is 86.0 Å². The number of carbonyl (C=O) groups is 2. The van der Waals surface area contributed by atoms with Crippen LogP contribution < -0.4 is 0 Å². The first-order valence-corrected chi connectivity index (χ1v) is 17.5. The van der Waals surface area contributed by atoms with Gasteiger partial charge in [-0.3, -0.25) is 9.48 Å². The first-order chi connectivity index (χ1) is 23.0. The molecule has 1 aromatic heterocycles. The van der Waals surface area contributed by atoms with Crippen molar-refractivity contribution < 1.29 is 32.2 Å². The van der Waals surface area contributed by atoms with Gasteiger partial charge in [-0.1, -0.05) is 53.7 Å². The third-order valence-corrected chi connectivity index (χ3v) is 9.80. The SMILES string of the molecule is CCn1cc(CO[C@H](c2ccc(C)c(CN(Cc3cccc(C(=O)OC(C)(C)C)c3)S(=O)(=O)c3ccccc3)c2)C(C)(C)C(=O)OC)nn1. The van der Waals surface area contributed by atoms with E-state index in [1.54, 1.807) is 100 Å². The lowest BCUT2D eigenvalue weighted by atomic mass is 9.81. The maximum atomic E-state index is 14.2. The first-order valence-electron chi connectivity index (χ1n) is 16.1. The molecule has 0 aliphatic rings. The highest BCUT2D eigenvalue weighted by atomic mass is 32.2. The van der Waals surface area contributed by atoms with E-state index in [-0.39, 0.29) is 24.6 Å². The molecule has 0 bridgehead atoms. The lowest BCUT2D eigenvalue weighted by molar-refractivity contribution is -0.162. The van der Waals surface area contributed by atoms with Crippen LogP contribution in [0.4, 0.5) is 0 Å². The smallest absolute Gasteiger partial charge is 0.338 e. The minimum atomic E-state index is -4.01. The molecule has 12 heteroatoms. The van der Waals surface area contributed by atoms with E-state index in [4.69, 9.17) is 14.2 Å². The Morgan fingerprint density at radius 3 is 2.29 bits per heavy atom. The summed E-state index contributed by atoms with van der Waals surface area (Å²) in [4.78, 5) is 26.0. The average Bonchev–Trinajstić information content (AvgIpc) is 3.53. The fourth-order valence-electron chi connectivity index (χ4n) is 5.34. The molecular weight excluding hydrogens is 644 g/mol. The van der Waals surface area contributed by atoms with E-state index in [0.29, 0.717) is 34.5 Å². The number of hydrogen-bond donors (Lipinski definition) is 0. The number of benzene rings is 3. The molecule has 0 fully saturated rings. The van der Waals surface area contributed by atoms with E-state index in [9.17, 15) is 18.0 Å². The molecule has 3 aromatic carbocycles. The lowest BCUT2D eigenvalue weighted by Gasteiger charge is -2.32. The zero-order valence-electron chi connectivity index (χ0n) is 29.5. The maximum absolute atomic E-state index is 14.2. The van der Waals surface area contributed by atoms with E-state index < -0.39 is 39.1 Å². The van der Waals surface area contributed by atoms with Crippen LogP contribution in [0.2, 0.25) is 0 Å². The van der Waals surface area contributed by atoms with Gasteiger partial charge < -0.3 is 14.2 Å². The summed E-state index contributed by atoms with van der Waals surface area (Å²) in [5.74, 6) is -0.957. The van der Waals surface area contributed by atoms with Crippen LogP contribution in [0, 0.1) is 12.3 Å². The Bertz CT molecular complexity index is 1860. The Morgan fingerprint density at radius 2 is 1.65 bits per heavy atom. The fraction of sp³-hybridized carbons (Fsp3) is 0.405. The topological polar surface area (TPSA) is 130 Å². The van der Waals surface area contributed by atoms with Crippen molar-refractivity contribution in [1.29, 1.82) is 0 Å². The molecular formula is C37H46N4O7S. The quantitative estimate of drug-likeness (QED) is 0.138. The second-order valence-corrected chi connectivity index (χ2v) is 15.4. The van der Waals surface area contributed by atoms with Gasteiger partial charge in [0, 0.05) is 19.6 Å². The van der Waals surface area contributed by atoms with Gasteiger partial charge in [0.05, 0.1) is 41.9 Å². The van der Waals surface area contributed by atoms with Crippen molar-refractivity contribution in [2.24, 2.45) is 5.41 Å². The third kappa shape index (κ3) is 9.40. The molecule has 262 valence electrons. The molecule has 0 spiro atoms. The summed E-state index contributed by atoms with van der Waals surface area (Å²) < 4.78 is 48.5. The Balaban J connectivity index is 1.73. The van der Waals surface area contributed by atoms with E-state index >= 15 is 0 Å². The molecule has 4 aromatic rings. The molecule has 0 radical (unpaired) electrons. The van der Waals surface area contributed by atoms with Crippen molar-refractivity contribution in [2.45, 2.75) is 91.3 Å². The summed E-state index contributed by atoms with van der Waals surface area (Å²) in [7, 11) is -2.68. The highest BCUT2D eigenvalue weighted by Crippen LogP contribution is 2.39. The van der Waals surface area contributed by atoms with Crippen LogP contribution in [0.15, 0.2) is 83.9 Å². The average molecular weight is 691 g/mol. The molecule has 11 nitrogen and oxygen atoms in total. The van der Waals surface area contributed by atoms with Gasteiger partial charge in [0.2, 0.25) is 10.0 Å². The minimum absolute atomic E-state index is 0.00374. The number of sulfonamides is 1. The Kier molecular flexibility index (Phi) is 11.8. The molecule has 0 saturated heterocycles. The highest BCUT2D eigenvalue weighted by molar-refractivity contribution is 7.89. The van der Waals surface area contributed by atoms with Gasteiger partial charge in [0.15, 0.2) is 0 Å². The minimum Gasteiger partial charge on any atom is -0.469 e. The van der Waals surface area contributed by atoms with Crippen LogP contribution >= 0.6 is 0 Å². The second-order valence-electron chi connectivity index (χ2n) is 13.4. The van der Waals surface area contributed by atoms with Gasteiger partial charge >= 0.3 is 11.9 Å². The van der Waals surface area contributed by atoms with Crippen LogP contribution in [-0.2, 0) is 55.3 Å². The summed E-state index contributed by atoms with van der Waals surface area (Å²) in [6.07, 6.45) is 1.02. The van der Waals surface area contributed by atoms with Gasteiger partial charge in [-0.25, -0.2) is 13.2 Å². The largest absolute Gasteiger partial charge is 0.469 e. The zero-order chi connectivity index (χ0) is 36.0. The third-order valence-electron chi connectivity index (χ3n) is 8.00. The summed E-state index contributed by atoms with van der Waals surface area (Å²) in [6.45, 7) is 13.5. The summed E-state index contributed by atoms with van der Waals surface area (Å²) in [6, 6.07) is 20.6. The molecule has 4 rings (SSSR count). The van der Waals surface area contributed by atoms with Crippen molar-refractivity contribution in [3.8, 4) is 0 Å². The van der Waals surface area contributed by atoms with Gasteiger partial charge in [-0.05, 0) is 95.0 Å². The molecule has 49 heavy (non-hydrogen) atoms. The number of aromatic nitrogens is 3. The van der Waals surface area contributed by atoms with Gasteiger partial charge in [-0.2, -0.15) is 4.31 Å². The Hall–Kier alpha value is -4.39. The second kappa shape index (κ2) is 15.4. The highest BCUT2D eigenvalue weighted by Gasteiger charge is 2.40. The molecule has 0 aliphatic heterocycles. The zero-order valence-corrected chi connectivity index (χ0v) is 30.3. The number of methoxy groups -OCH3 is 1. The first kappa shape index (κ1) is 37.4. The summed E-state index contributed by atoms with van der Waals surface area (Å²) >= 11 is 0. The summed E-state index contributed by atoms with van der Waals surface area (Å²) in [5, 5.41) is 8.25. The molecule has 0 aliphatic carbocycles.